The van der Waals surface area contributed by atoms with Crippen LogP contribution in [0.15, 0.2) is 35.3 Å². The molecule has 0 bridgehead atoms. The minimum atomic E-state index is -0.234. The molecule has 1 aromatic heterocycles. The Morgan fingerprint density at radius 2 is 2.04 bits per heavy atom. The summed E-state index contributed by atoms with van der Waals surface area (Å²) in [6.45, 7) is 4.91. The molecule has 0 radical (unpaired) electrons. The van der Waals surface area contributed by atoms with Gasteiger partial charge in [0, 0.05) is 36.6 Å². The normalized spacial score (nSPS) is 18.0. The zero-order chi connectivity index (χ0) is 17.1. The summed E-state index contributed by atoms with van der Waals surface area (Å²) < 4.78 is 1.49. The molecule has 1 fully saturated rings. The molecule has 1 saturated heterocycles. The lowest BCUT2D eigenvalue weighted by Gasteiger charge is -2.23. The van der Waals surface area contributed by atoms with Crippen molar-refractivity contribution in [2.75, 3.05) is 25.0 Å². The molecule has 128 valence electrons. The molecule has 0 aliphatic carbocycles. The van der Waals surface area contributed by atoms with Crippen molar-refractivity contribution in [3.63, 3.8) is 0 Å². The SMILES string of the molecule is CCN1CCC[C@H]1CNC(=O)Nc1cn(C)c(=O)c2ccccc12. The summed E-state index contributed by atoms with van der Waals surface area (Å²) in [5.74, 6) is 0. The highest BCUT2D eigenvalue weighted by Crippen LogP contribution is 2.20. The third-order valence-corrected chi connectivity index (χ3v) is 4.74. The van der Waals surface area contributed by atoms with Crippen LogP contribution in [0.2, 0.25) is 0 Å². The first kappa shape index (κ1) is 16.5. The van der Waals surface area contributed by atoms with Gasteiger partial charge in [-0.1, -0.05) is 25.1 Å². The number of anilines is 1. The lowest BCUT2D eigenvalue weighted by Crippen LogP contribution is -2.41. The highest BCUT2D eigenvalue weighted by atomic mass is 16.2. The Bertz CT molecular complexity index is 799. The molecule has 1 atom stereocenters. The van der Waals surface area contributed by atoms with Crippen LogP contribution in [0.5, 0.6) is 0 Å². The van der Waals surface area contributed by atoms with Crippen molar-refractivity contribution in [2.45, 2.75) is 25.8 Å². The topological polar surface area (TPSA) is 66.4 Å². The number of nitrogens with one attached hydrogen (secondary N) is 2. The van der Waals surface area contributed by atoms with Gasteiger partial charge in [-0.25, -0.2) is 4.79 Å². The molecule has 2 aromatic rings. The van der Waals surface area contributed by atoms with Crippen LogP contribution >= 0.6 is 0 Å². The Kier molecular flexibility index (Phi) is 4.85. The number of carbonyl (C=O) groups is 1. The summed E-state index contributed by atoms with van der Waals surface area (Å²) in [6.07, 6.45) is 3.97. The smallest absolute Gasteiger partial charge is 0.319 e. The van der Waals surface area contributed by atoms with Gasteiger partial charge in [-0.2, -0.15) is 0 Å². The predicted molar refractivity (Wildman–Crippen MR) is 96.5 cm³/mol. The lowest BCUT2D eigenvalue weighted by molar-refractivity contribution is 0.238. The van der Waals surface area contributed by atoms with E-state index >= 15 is 0 Å². The first-order chi connectivity index (χ1) is 11.6. The fourth-order valence-electron chi connectivity index (χ4n) is 3.44. The minimum absolute atomic E-state index is 0.0684. The molecule has 0 unspecified atom stereocenters. The number of likely N-dealkylation sites (tertiary alicyclic amines) is 1. The van der Waals surface area contributed by atoms with Crippen LogP contribution in [0.1, 0.15) is 19.8 Å². The molecule has 2 heterocycles. The molecule has 1 aromatic carbocycles. The Hall–Kier alpha value is -2.34. The molecule has 2 amide bonds. The first-order valence-electron chi connectivity index (χ1n) is 8.47. The zero-order valence-corrected chi connectivity index (χ0v) is 14.2. The third-order valence-electron chi connectivity index (χ3n) is 4.74. The molecule has 2 N–H and O–H groups in total. The largest absolute Gasteiger partial charge is 0.336 e. The number of fused-ring (bicyclic) bond motifs is 1. The highest BCUT2D eigenvalue weighted by molar-refractivity contribution is 6.00. The van der Waals surface area contributed by atoms with Crippen molar-refractivity contribution >= 4 is 22.5 Å². The van der Waals surface area contributed by atoms with Crippen LogP contribution in [0, 0.1) is 0 Å². The summed E-state index contributed by atoms with van der Waals surface area (Å²) in [5, 5.41) is 7.20. The van der Waals surface area contributed by atoms with E-state index < -0.39 is 0 Å². The number of rotatable bonds is 4. The van der Waals surface area contributed by atoms with Crippen LogP contribution in [0.25, 0.3) is 10.8 Å². The molecule has 24 heavy (non-hydrogen) atoms. The van der Waals surface area contributed by atoms with Crippen molar-refractivity contribution in [1.29, 1.82) is 0 Å². The van der Waals surface area contributed by atoms with Gasteiger partial charge in [0.2, 0.25) is 0 Å². The van der Waals surface area contributed by atoms with Gasteiger partial charge in [0.1, 0.15) is 0 Å². The van der Waals surface area contributed by atoms with Crippen LogP contribution in [-0.2, 0) is 7.05 Å². The van der Waals surface area contributed by atoms with Crippen molar-refractivity contribution in [1.82, 2.24) is 14.8 Å². The number of likely N-dealkylation sites (N-methyl/N-ethyl adjacent to an activating group) is 1. The molecule has 1 aliphatic heterocycles. The molecule has 3 rings (SSSR count). The van der Waals surface area contributed by atoms with Gasteiger partial charge < -0.3 is 15.2 Å². The van der Waals surface area contributed by atoms with E-state index in [0.29, 0.717) is 23.7 Å². The molecule has 6 heteroatoms. The van der Waals surface area contributed by atoms with Crippen LogP contribution in [0.3, 0.4) is 0 Å². The Balaban J connectivity index is 1.72. The monoisotopic (exact) mass is 328 g/mol. The number of aryl methyl sites for hydroxylation is 1. The minimum Gasteiger partial charge on any atom is -0.336 e. The summed E-state index contributed by atoms with van der Waals surface area (Å²) in [6, 6.07) is 7.50. The second-order valence-electron chi connectivity index (χ2n) is 6.26. The maximum Gasteiger partial charge on any atom is 0.319 e. The lowest BCUT2D eigenvalue weighted by atomic mass is 10.1. The molecule has 1 aliphatic rings. The Morgan fingerprint density at radius 3 is 2.79 bits per heavy atom. The van der Waals surface area contributed by atoms with Gasteiger partial charge >= 0.3 is 6.03 Å². The maximum atomic E-state index is 12.3. The predicted octanol–water partition coefficient (Wildman–Crippen LogP) is 2.14. The Morgan fingerprint density at radius 1 is 1.29 bits per heavy atom. The van der Waals surface area contributed by atoms with Crippen molar-refractivity contribution < 1.29 is 4.79 Å². The first-order valence-corrected chi connectivity index (χ1v) is 8.47. The number of hydrogen-bond donors (Lipinski definition) is 2. The van der Waals surface area contributed by atoms with Gasteiger partial charge in [-0.05, 0) is 32.0 Å². The third kappa shape index (κ3) is 3.28. The van der Waals surface area contributed by atoms with E-state index in [9.17, 15) is 9.59 Å². The number of carbonyl (C=O) groups excluding carboxylic acids is 1. The van der Waals surface area contributed by atoms with E-state index in [0.717, 1.165) is 24.9 Å². The molecular weight excluding hydrogens is 304 g/mol. The van der Waals surface area contributed by atoms with E-state index in [-0.39, 0.29) is 11.6 Å². The summed E-state index contributed by atoms with van der Waals surface area (Å²) >= 11 is 0. The standard InChI is InChI=1S/C18H24N4O2/c1-3-22-10-6-7-13(22)11-19-18(24)20-16-12-21(2)17(23)15-9-5-4-8-14(15)16/h4-5,8-9,12-13H,3,6-7,10-11H2,1-2H3,(H2,19,20,24)/t13-/m0/s1. The summed E-state index contributed by atoms with van der Waals surface area (Å²) in [5.41, 5.74) is 0.574. The average molecular weight is 328 g/mol. The molecule has 6 nitrogen and oxygen atoms in total. The van der Waals surface area contributed by atoms with Crippen LogP contribution < -0.4 is 16.2 Å². The van der Waals surface area contributed by atoms with E-state index in [4.69, 9.17) is 0 Å². The van der Waals surface area contributed by atoms with Gasteiger partial charge in [0.05, 0.1) is 5.69 Å². The van der Waals surface area contributed by atoms with Crippen molar-refractivity contribution in [3.05, 3.63) is 40.8 Å². The van der Waals surface area contributed by atoms with Gasteiger partial charge in [-0.3, -0.25) is 9.69 Å². The second kappa shape index (κ2) is 7.05. The number of pyridine rings is 1. The van der Waals surface area contributed by atoms with Crippen LogP contribution in [0.4, 0.5) is 10.5 Å². The fraction of sp³-hybridized carbons (Fsp3) is 0.444. The van der Waals surface area contributed by atoms with Gasteiger partial charge in [-0.15, -0.1) is 0 Å². The van der Waals surface area contributed by atoms with Gasteiger partial charge in [0.15, 0.2) is 0 Å². The molecule has 0 spiro atoms. The maximum absolute atomic E-state index is 12.3. The van der Waals surface area contributed by atoms with E-state index in [1.165, 1.54) is 11.0 Å². The highest BCUT2D eigenvalue weighted by Gasteiger charge is 2.23. The quantitative estimate of drug-likeness (QED) is 0.904. The fourth-order valence-corrected chi connectivity index (χ4v) is 3.44. The summed E-state index contributed by atoms with van der Waals surface area (Å²) in [7, 11) is 1.69. The van der Waals surface area contributed by atoms with E-state index in [1.54, 1.807) is 19.3 Å². The Labute approximate surface area is 141 Å². The van der Waals surface area contributed by atoms with Gasteiger partial charge in [0.25, 0.3) is 5.56 Å². The van der Waals surface area contributed by atoms with Crippen molar-refractivity contribution in [3.8, 4) is 0 Å². The second-order valence-corrected chi connectivity index (χ2v) is 6.26. The zero-order valence-electron chi connectivity index (χ0n) is 14.2. The van der Waals surface area contributed by atoms with E-state index in [2.05, 4.69) is 22.5 Å². The number of nitrogens with zero attached hydrogens (tertiary/aromatic N) is 2. The summed E-state index contributed by atoms with van der Waals surface area (Å²) in [4.78, 5) is 26.8. The van der Waals surface area contributed by atoms with Crippen LogP contribution in [-0.4, -0.2) is 41.2 Å². The van der Waals surface area contributed by atoms with E-state index in [1.807, 2.05) is 18.2 Å². The number of amides is 2. The average Bonchev–Trinajstić information content (AvgIpc) is 3.05. The number of aromatic nitrogens is 1. The number of benzene rings is 1. The number of hydrogen-bond acceptors (Lipinski definition) is 3. The van der Waals surface area contributed by atoms with Crippen molar-refractivity contribution in [2.24, 2.45) is 7.05 Å². The molecule has 0 saturated carbocycles. The number of urea groups is 1. The molecular formula is C18H24N4O2.